The molecule has 0 aromatic rings. The monoisotopic (exact) mass is 114 g/mol. The van der Waals surface area contributed by atoms with Crippen LogP contribution in [0.1, 0.15) is 26.7 Å². The van der Waals surface area contributed by atoms with Crippen LogP contribution >= 0.6 is 0 Å². The maximum Gasteiger partial charge on any atom is 0.0719 e. The highest BCUT2D eigenvalue weighted by Crippen LogP contribution is 2.05. The van der Waals surface area contributed by atoms with E-state index in [1.54, 1.807) is 6.92 Å². The van der Waals surface area contributed by atoms with E-state index >= 15 is 0 Å². The van der Waals surface area contributed by atoms with Crippen LogP contribution in [0.5, 0.6) is 0 Å². The third-order valence-corrected chi connectivity index (χ3v) is 1.16. The second kappa shape index (κ2) is 3.67. The molecule has 0 heterocycles. The molecule has 0 aromatic carbocycles. The summed E-state index contributed by atoms with van der Waals surface area (Å²) in [7, 11) is 0. The lowest BCUT2D eigenvalue weighted by Crippen LogP contribution is -2.01. The summed E-state index contributed by atoms with van der Waals surface area (Å²) in [5.74, 6) is 0. The molecule has 0 saturated heterocycles. The van der Waals surface area contributed by atoms with E-state index in [0.29, 0.717) is 0 Å². The molecule has 0 aliphatic heterocycles. The highest BCUT2D eigenvalue weighted by Gasteiger charge is 1.97. The fourth-order valence-corrected chi connectivity index (χ4v) is 0.530. The predicted octanol–water partition coefficient (Wildman–Crippen LogP) is 1.72. The molecular formula is C7H14O. The van der Waals surface area contributed by atoms with E-state index in [2.05, 4.69) is 13.5 Å². The minimum Gasteiger partial charge on any atom is -0.389 e. The maximum absolute atomic E-state index is 8.85. The third kappa shape index (κ3) is 2.80. The van der Waals surface area contributed by atoms with E-state index in [9.17, 15) is 0 Å². The summed E-state index contributed by atoms with van der Waals surface area (Å²) in [6.07, 6.45) is 1.69. The fraction of sp³-hybridized carbons (Fsp3) is 0.714. The Morgan fingerprint density at radius 1 is 1.75 bits per heavy atom. The van der Waals surface area contributed by atoms with Crippen molar-refractivity contribution in [2.75, 3.05) is 0 Å². The van der Waals surface area contributed by atoms with Crippen molar-refractivity contribution in [2.24, 2.45) is 0 Å². The van der Waals surface area contributed by atoms with Gasteiger partial charge in [0.2, 0.25) is 0 Å². The molecule has 0 amide bonds. The molecule has 8 heavy (non-hydrogen) atoms. The largest absolute Gasteiger partial charge is 0.389 e. The standard InChI is InChI=1S/C7H14O/c1-4-5-6(2)7(3)8/h7-8H,2,4-5H2,1,3H3. The summed E-state index contributed by atoms with van der Waals surface area (Å²) in [5.41, 5.74) is 0.938. The van der Waals surface area contributed by atoms with Gasteiger partial charge >= 0.3 is 0 Å². The Hall–Kier alpha value is -0.300. The summed E-state index contributed by atoms with van der Waals surface area (Å²) in [6.45, 7) is 7.52. The zero-order valence-corrected chi connectivity index (χ0v) is 5.65. The normalized spacial score (nSPS) is 13.4. The van der Waals surface area contributed by atoms with Crippen molar-refractivity contribution in [3.05, 3.63) is 12.2 Å². The van der Waals surface area contributed by atoms with Crippen molar-refractivity contribution >= 4 is 0 Å². The first-order chi connectivity index (χ1) is 3.68. The fourth-order valence-electron chi connectivity index (χ4n) is 0.530. The van der Waals surface area contributed by atoms with Crippen LogP contribution in [0.15, 0.2) is 12.2 Å². The summed E-state index contributed by atoms with van der Waals surface area (Å²) in [5, 5.41) is 8.85. The van der Waals surface area contributed by atoms with Gasteiger partial charge in [0.15, 0.2) is 0 Å². The van der Waals surface area contributed by atoms with Crippen LogP contribution in [0.2, 0.25) is 0 Å². The molecule has 0 saturated carbocycles. The third-order valence-electron chi connectivity index (χ3n) is 1.16. The molecule has 0 aliphatic carbocycles. The molecule has 0 radical (unpaired) electrons. The van der Waals surface area contributed by atoms with Gasteiger partial charge in [-0.2, -0.15) is 0 Å². The zero-order valence-electron chi connectivity index (χ0n) is 5.65. The Kier molecular flexibility index (Phi) is 3.53. The molecular weight excluding hydrogens is 100 g/mol. The zero-order chi connectivity index (χ0) is 6.57. The molecule has 1 nitrogen and oxygen atoms in total. The summed E-state index contributed by atoms with van der Waals surface area (Å²) in [4.78, 5) is 0. The lowest BCUT2D eigenvalue weighted by Gasteiger charge is -2.04. The van der Waals surface area contributed by atoms with Crippen LogP contribution in [-0.2, 0) is 0 Å². The van der Waals surface area contributed by atoms with Crippen molar-refractivity contribution in [1.29, 1.82) is 0 Å². The second-order valence-electron chi connectivity index (χ2n) is 2.08. The van der Waals surface area contributed by atoms with Crippen LogP contribution in [0.25, 0.3) is 0 Å². The van der Waals surface area contributed by atoms with E-state index in [1.165, 1.54) is 0 Å². The highest BCUT2D eigenvalue weighted by molar-refractivity contribution is 4.98. The van der Waals surface area contributed by atoms with Gasteiger partial charge in [-0.15, -0.1) is 0 Å². The lowest BCUT2D eigenvalue weighted by atomic mass is 10.1. The van der Waals surface area contributed by atoms with Crippen LogP contribution in [0.4, 0.5) is 0 Å². The van der Waals surface area contributed by atoms with Crippen molar-refractivity contribution in [3.8, 4) is 0 Å². The van der Waals surface area contributed by atoms with Gasteiger partial charge in [-0.25, -0.2) is 0 Å². The lowest BCUT2D eigenvalue weighted by molar-refractivity contribution is 0.227. The second-order valence-corrected chi connectivity index (χ2v) is 2.08. The van der Waals surface area contributed by atoms with E-state index in [-0.39, 0.29) is 6.10 Å². The molecule has 0 aromatic heterocycles. The van der Waals surface area contributed by atoms with Crippen molar-refractivity contribution < 1.29 is 5.11 Å². The molecule has 0 bridgehead atoms. The Bertz CT molecular complexity index is 74.5. The molecule has 1 heteroatoms. The summed E-state index contributed by atoms with van der Waals surface area (Å²) in [6, 6.07) is 0. The minimum absolute atomic E-state index is 0.324. The van der Waals surface area contributed by atoms with E-state index in [1.807, 2.05) is 0 Å². The van der Waals surface area contributed by atoms with Gasteiger partial charge in [-0.1, -0.05) is 19.9 Å². The first kappa shape index (κ1) is 7.70. The average molecular weight is 114 g/mol. The smallest absolute Gasteiger partial charge is 0.0719 e. The highest BCUT2D eigenvalue weighted by atomic mass is 16.3. The molecule has 0 rings (SSSR count). The number of rotatable bonds is 3. The Labute approximate surface area is 51.0 Å². The topological polar surface area (TPSA) is 20.2 Å². The first-order valence-corrected chi connectivity index (χ1v) is 3.04. The van der Waals surface area contributed by atoms with Gasteiger partial charge in [0.25, 0.3) is 0 Å². The molecule has 1 N–H and O–H groups in total. The SMILES string of the molecule is C=C(CCC)C(C)O. The number of hydrogen-bond donors (Lipinski definition) is 1. The van der Waals surface area contributed by atoms with Gasteiger partial charge in [0.05, 0.1) is 6.10 Å². The van der Waals surface area contributed by atoms with Crippen LogP contribution < -0.4 is 0 Å². The van der Waals surface area contributed by atoms with Gasteiger partial charge < -0.3 is 5.11 Å². The van der Waals surface area contributed by atoms with Crippen LogP contribution in [-0.4, -0.2) is 11.2 Å². The molecule has 0 aliphatic rings. The number of aliphatic hydroxyl groups excluding tert-OH is 1. The Morgan fingerprint density at radius 3 is 2.38 bits per heavy atom. The molecule has 48 valence electrons. The van der Waals surface area contributed by atoms with Gasteiger partial charge in [-0.05, 0) is 18.9 Å². The number of aliphatic hydroxyl groups is 1. The van der Waals surface area contributed by atoms with Crippen LogP contribution in [0, 0.1) is 0 Å². The van der Waals surface area contributed by atoms with Crippen molar-refractivity contribution in [3.63, 3.8) is 0 Å². The van der Waals surface area contributed by atoms with Gasteiger partial charge in [0.1, 0.15) is 0 Å². The molecule has 0 spiro atoms. The van der Waals surface area contributed by atoms with Gasteiger partial charge in [-0.3, -0.25) is 0 Å². The maximum atomic E-state index is 8.85. The minimum atomic E-state index is -0.324. The predicted molar refractivity (Wildman–Crippen MR) is 35.7 cm³/mol. The van der Waals surface area contributed by atoms with Crippen molar-refractivity contribution in [2.45, 2.75) is 32.8 Å². The molecule has 1 atom stereocenters. The van der Waals surface area contributed by atoms with Crippen molar-refractivity contribution in [1.82, 2.24) is 0 Å². The Balaban J connectivity index is 3.33. The van der Waals surface area contributed by atoms with E-state index < -0.39 is 0 Å². The summed E-state index contributed by atoms with van der Waals surface area (Å²) >= 11 is 0. The molecule has 0 fully saturated rings. The average Bonchev–Trinajstić information content (AvgIpc) is 1.67. The first-order valence-electron chi connectivity index (χ1n) is 3.04. The molecule has 1 unspecified atom stereocenters. The quantitative estimate of drug-likeness (QED) is 0.554. The van der Waals surface area contributed by atoms with E-state index in [4.69, 9.17) is 5.11 Å². The Morgan fingerprint density at radius 2 is 2.25 bits per heavy atom. The van der Waals surface area contributed by atoms with Gasteiger partial charge in [0, 0.05) is 0 Å². The van der Waals surface area contributed by atoms with Crippen LogP contribution in [0.3, 0.4) is 0 Å². The number of hydrogen-bond acceptors (Lipinski definition) is 1. The van der Waals surface area contributed by atoms with E-state index in [0.717, 1.165) is 18.4 Å². The summed E-state index contributed by atoms with van der Waals surface area (Å²) < 4.78 is 0.